The van der Waals surface area contributed by atoms with Gasteiger partial charge in [-0.05, 0) is 64.4 Å². The second-order valence-electron chi connectivity index (χ2n) is 7.98. The van der Waals surface area contributed by atoms with Gasteiger partial charge >= 0.3 is 0 Å². The van der Waals surface area contributed by atoms with Gasteiger partial charge in [0.25, 0.3) is 5.91 Å². The Morgan fingerprint density at radius 1 is 1.29 bits per heavy atom. The summed E-state index contributed by atoms with van der Waals surface area (Å²) in [6.07, 6.45) is 4.28. The Hall–Kier alpha value is -2.34. The molecule has 6 heteroatoms. The lowest BCUT2D eigenvalue weighted by atomic mass is 10.1. The lowest BCUT2D eigenvalue weighted by Crippen LogP contribution is -2.40. The molecule has 3 heterocycles. The Morgan fingerprint density at radius 2 is 2.07 bits per heavy atom. The third-order valence-electron chi connectivity index (χ3n) is 5.98. The van der Waals surface area contributed by atoms with Crippen LogP contribution in [0, 0.1) is 6.92 Å². The van der Waals surface area contributed by atoms with E-state index in [0.717, 1.165) is 30.1 Å². The maximum absolute atomic E-state index is 13.3. The number of rotatable bonds is 4. The fourth-order valence-electron chi connectivity index (χ4n) is 4.24. The molecule has 4 rings (SSSR count). The van der Waals surface area contributed by atoms with Gasteiger partial charge in [-0.15, -0.1) is 0 Å². The number of likely N-dealkylation sites (tertiary alicyclic amines) is 1. The van der Waals surface area contributed by atoms with Crippen molar-refractivity contribution in [2.75, 3.05) is 19.7 Å². The molecule has 28 heavy (non-hydrogen) atoms. The topological polar surface area (TPSA) is 50.6 Å². The molecule has 1 fully saturated rings. The first-order chi connectivity index (χ1) is 13.6. The Morgan fingerprint density at radius 3 is 2.79 bits per heavy atom. The van der Waals surface area contributed by atoms with Crippen LogP contribution in [0.1, 0.15) is 53.9 Å². The highest BCUT2D eigenvalue weighted by atomic mass is 16.5. The molecule has 1 aromatic carbocycles. The van der Waals surface area contributed by atoms with Crippen molar-refractivity contribution in [2.45, 2.75) is 59.3 Å². The number of carbonyl (C=O) groups excluding carboxylic acids is 1. The van der Waals surface area contributed by atoms with Gasteiger partial charge in [0.05, 0.1) is 24.3 Å². The summed E-state index contributed by atoms with van der Waals surface area (Å²) in [6.45, 7) is 11.2. The molecule has 1 saturated heterocycles. The minimum atomic E-state index is 0.00584. The van der Waals surface area contributed by atoms with Crippen LogP contribution >= 0.6 is 0 Å². The van der Waals surface area contributed by atoms with Crippen LogP contribution in [0.5, 0.6) is 5.75 Å². The Labute approximate surface area is 167 Å². The summed E-state index contributed by atoms with van der Waals surface area (Å²) in [5.41, 5.74) is 3.99. The number of aryl methyl sites for hydroxylation is 1. The van der Waals surface area contributed by atoms with Crippen molar-refractivity contribution in [3.05, 3.63) is 46.8 Å². The summed E-state index contributed by atoms with van der Waals surface area (Å²) < 4.78 is 7.90. The lowest BCUT2D eigenvalue weighted by molar-refractivity contribution is 0.0644. The normalized spacial score (nSPS) is 20.0. The van der Waals surface area contributed by atoms with Gasteiger partial charge in [0, 0.05) is 24.3 Å². The number of nitrogens with zero attached hydrogens (tertiary/aromatic N) is 4. The predicted molar refractivity (Wildman–Crippen MR) is 108 cm³/mol. The molecule has 1 aromatic heterocycles. The summed E-state index contributed by atoms with van der Waals surface area (Å²) in [7, 11) is 0. The van der Waals surface area contributed by atoms with Gasteiger partial charge in [0.2, 0.25) is 0 Å². The van der Waals surface area contributed by atoms with Crippen molar-refractivity contribution in [3.8, 4) is 5.75 Å². The van der Waals surface area contributed by atoms with Crippen LogP contribution in [0.2, 0.25) is 0 Å². The molecule has 1 atom stereocenters. The predicted octanol–water partition coefficient (Wildman–Crippen LogP) is 3.23. The molecular formula is C22H30N4O2. The first-order valence-corrected chi connectivity index (χ1v) is 10.4. The first kappa shape index (κ1) is 19.0. The molecule has 0 radical (unpaired) electrons. The van der Waals surface area contributed by atoms with Gasteiger partial charge in [-0.1, -0.05) is 6.07 Å². The molecule has 0 N–H and O–H groups in total. The van der Waals surface area contributed by atoms with Gasteiger partial charge in [0.15, 0.2) is 0 Å². The fourth-order valence-corrected chi connectivity index (χ4v) is 4.24. The highest BCUT2D eigenvalue weighted by Gasteiger charge is 2.29. The summed E-state index contributed by atoms with van der Waals surface area (Å²) in [5, 5.41) is 4.35. The number of benzene rings is 1. The van der Waals surface area contributed by atoms with E-state index >= 15 is 0 Å². The van der Waals surface area contributed by atoms with Crippen LogP contribution in [0.15, 0.2) is 24.4 Å². The molecule has 0 bridgehead atoms. The van der Waals surface area contributed by atoms with Crippen LogP contribution in [-0.4, -0.2) is 51.2 Å². The molecule has 0 aliphatic carbocycles. The SMILES string of the molecule is CCn1ncc(C(=O)N2Cc3cc(CN4CCCC4)ccc3OC[C@@H]2C)c1C. The van der Waals surface area contributed by atoms with E-state index < -0.39 is 0 Å². The molecule has 2 aliphatic heterocycles. The van der Waals surface area contributed by atoms with Gasteiger partial charge in [0.1, 0.15) is 12.4 Å². The minimum absolute atomic E-state index is 0.00584. The van der Waals surface area contributed by atoms with Crippen molar-refractivity contribution in [1.29, 1.82) is 0 Å². The monoisotopic (exact) mass is 382 g/mol. The molecular weight excluding hydrogens is 352 g/mol. The van der Waals surface area contributed by atoms with Crippen molar-refractivity contribution in [3.63, 3.8) is 0 Å². The lowest BCUT2D eigenvalue weighted by Gasteiger charge is -2.26. The molecule has 0 spiro atoms. The number of carbonyl (C=O) groups is 1. The van der Waals surface area contributed by atoms with Crippen LogP contribution < -0.4 is 4.74 Å². The summed E-state index contributed by atoms with van der Waals surface area (Å²) >= 11 is 0. The van der Waals surface area contributed by atoms with Crippen molar-refractivity contribution >= 4 is 5.91 Å². The van der Waals surface area contributed by atoms with Gasteiger partial charge in [-0.3, -0.25) is 14.4 Å². The maximum Gasteiger partial charge on any atom is 0.257 e. The number of amides is 1. The average molecular weight is 383 g/mol. The molecule has 0 saturated carbocycles. The summed E-state index contributed by atoms with van der Waals surface area (Å²) in [6, 6.07) is 6.46. The zero-order valence-corrected chi connectivity index (χ0v) is 17.1. The Bertz CT molecular complexity index is 854. The minimum Gasteiger partial charge on any atom is -0.491 e. The molecule has 2 aromatic rings. The van der Waals surface area contributed by atoms with Crippen molar-refractivity contribution < 1.29 is 9.53 Å². The molecule has 2 aliphatic rings. The average Bonchev–Trinajstić information content (AvgIpc) is 3.30. The van der Waals surface area contributed by atoms with Crippen LogP contribution in [0.3, 0.4) is 0 Å². The molecule has 0 unspecified atom stereocenters. The number of ether oxygens (including phenoxy) is 1. The van der Waals surface area contributed by atoms with E-state index in [2.05, 4.69) is 35.1 Å². The number of fused-ring (bicyclic) bond motifs is 1. The molecule has 6 nitrogen and oxygen atoms in total. The van der Waals surface area contributed by atoms with Crippen molar-refractivity contribution in [1.82, 2.24) is 19.6 Å². The third kappa shape index (κ3) is 3.65. The van der Waals surface area contributed by atoms with Crippen molar-refractivity contribution in [2.24, 2.45) is 0 Å². The maximum atomic E-state index is 13.3. The number of hydrogen-bond acceptors (Lipinski definition) is 4. The van der Waals surface area contributed by atoms with Crippen LogP contribution in [-0.2, 0) is 19.6 Å². The highest BCUT2D eigenvalue weighted by molar-refractivity contribution is 5.95. The zero-order chi connectivity index (χ0) is 19.7. The third-order valence-corrected chi connectivity index (χ3v) is 5.98. The molecule has 1 amide bonds. The van der Waals surface area contributed by atoms with E-state index in [0.29, 0.717) is 18.7 Å². The van der Waals surface area contributed by atoms with Crippen LogP contribution in [0.4, 0.5) is 0 Å². The molecule has 150 valence electrons. The van der Waals surface area contributed by atoms with Gasteiger partial charge < -0.3 is 9.64 Å². The standard InChI is InChI=1S/C22H30N4O2/c1-4-26-17(3)20(12-23-26)22(27)25-14-19-11-18(13-24-9-5-6-10-24)7-8-21(19)28-15-16(25)2/h7-8,11-12,16H,4-6,9-10,13-15H2,1-3H3/t16-/m0/s1. The summed E-state index contributed by atoms with van der Waals surface area (Å²) in [4.78, 5) is 17.7. The van der Waals surface area contributed by atoms with E-state index in [1.165, 1.54) is 31.5 Å². The van der Waals surface area contributed by atoms with E-state index in [9.17, 15) is 4.79 Å². The van der Waals surface area contributed by atoms with E-state index in [1.807, 2.05) is 23.4 Å². The quantitative estimate of drug-likeness (QED) is 0.815. The Kier molecular flexibility index (Phi) is 5.40. The largest absolute Gasteiger partial charge is 0.491 e. The zero-order valence-electron chi connectivity index (χ0n) is 17.1. The van der Waals surface area contributed by atoms with Gasteiger partial charge in [-0.2, -0.15) is 5.10 Å². The fraction of sp³-hybridized carbons (Fsp3) is 0.545. The second kappa shape index (κ2) is 7.95. The number of aromatic nitrogens is 2. The number of hydrogen-bond donors (Lipinski definition) is 0. The van der Waals surface area contributed by atoms with E-state index in [4.69, 9.17) is 4.74 Å². The van der Waals surface area contributed by atoms with E-state index in [-0.39, 0.29) is 11.9 Å². The highest BCUT2D eigenvalue weighted by Crippen LogP contribution is 2.28. The Balaban J connectivity index is 1.58. The first-order valence-electron chi connectivity index (χ1n) is 10.4. The second-order valence-corrected chi connectivity index (χ2v) is 7.98. The smallest absolute Gasteiger partial charge is 0.257 e. The van der Waals surface area contributed by atoms with Crippen LogP contribution in [0.25, 0.3) is 0 Å². The summed E-state index contributed by atoms with van der Waals surface area (Å²) in [5.74, 6) is 0.930. The van der Waals surface area contributed by atoms with E-state index in [1.54, 1.807) is 6.20 Å². The van der Waals surface area contributed by atoms with Gasteiger partial charge in [-0.25, -0.2) is 0 Å².